The van der Waals surface area contributed by atoms with Gasteiger partial charge in [0.25, 0.3) is 5.91 Å². The van der Waals surface area contributed by atoms with E-state index in [2.05, 4.69) is 20.6 Å². The van der Waals surface area contributed by atoms with Gasteiger partial charge in [-0.3, -0.25) is 14.8 Å². The standard InChI is InChI=1S/C10H12ClN5OS/c1-4-16-8(7(11)5(2)15-16)9(17)12-10-14-13-6(3)18-10/h4H2,1-3H3,(H,12,14,17). The lowest BCUT2D eigenvalue weighted by Gasteiger charge is -2.04. The number of anilines is 1. The minimum absolute atomic E-state index is 0.321. The highest BCUT2D eigenvalue weighted by Crippen LogP contribution is 2.22. The van der Waals surface area contributed by atoms with Crippen molar-refractivity contribution < 1.29 is 4.79 Å². The minimum Gasteiger partial charge on any atom is -0.295 e. The average molecular weight is 286 g/mol. The lowest BCUT2D eigenvalue weighted by atomic mass is 10.3. The van der Waals surface area contributed by atoms with Gasteiger partial charge in [-0.1, -0.05) is 22.9 Å². The summed E-state index contributed by atoms with van der Waals surface area (Å²) >= 11 is 7.39. The molecule has 0 fully saturated rings. The summed E-state index contributed by atoms with van der Waals surface area (Å²) in [5, 5.41) is 16.1. The van der Waals surface area contributed by atoms with Crippen molar-refractivity contribution in [2.45, 2.75) is 27.3 Å². The molecule has 0 saturated heterocycles. The second-order valence-electron chi connectivity index (χ2n) is 3.64. The zero-order valence-corrected chi connectivity index (χ0v) is 11.8. The van der Waals surface area contributed by atoms with Gasteiger partial charge in [0, 0.05) is 6.54 Å². The summed E-state index contributed by atoms with van der Waals surface area (Å²) in [6.07, 6.45) is 0. The first kappa shape index (κ1) is 13.0. The summed E-state index contributed by atoms with van der Waals surface area (Å²) in [5.74, 6) is -0.321. The summed E-state index contributed by atoms with van der Waals surface area (Å²) in [5.41, 5.74) is 0.988. The van der Waals surface area contributed by atoms with Crippen molar-refractivity contribution in [2.24, 2.45) is 0 Å². The maximum absolute atomic E-state index is 12.1. The van der Waals surface area contributed by atoms with Crippen molar-refractivity contribution in [3.05, 3.63) is 21.4 Å². The van der Waals surface area contributed by atoms with Gasteiger partial charge >= 0.3 is 0 Å². The van der Waals surface area contributed by atoms with Crippen LogP contribution in [-0.2, 0) is 6.54 Å². The Morgan fingerprint density at radius 3 is 2.72 bits per heavy atom. The number of hydrogen-bond acceptors (Lipinski definition) is 5. The van der Waals surface area contributed by atoms with E-state index in [9.17, 15) is 4.79 Å². The molecule has 2 aromatic heterocycles. The summed E-state index contributed by atoms with van der Waals surface area (Å²) in [7, 11) is 0. The summed E-state index contributed by atoms with van der Waals surface area (Å²) < 4.78 is 1.57. The van der Waals surface area contributed by atoms with E-state index in [1.165, 1.54) is 11.3 Å². The van der Waals surface area contributed by atoms with Gasteiger partial charge in [-0.05, 0) is 20.8 Å². The molecular formula is C10H12ClN5OS. The molecule has 1 amide bonds. The zero-order chi connectivity index (χ0) is 13.3. The fourth-order valence-electron chi connectivity index (χ4n) is 1.51. The Labute approximate surface area is 113 Å². The Balaban J connectivity index is 2.28. The number of carbonyl (C=O) groups excluding carboxylic acids is 1. The van der Waals surface area contributed by atoms with Gasteiger partial charge in [-0.25, -0.2) is 0 Å². The molecular weight excluding hydrogens is 274 g/mol. The molecule has 0 aliphatic carbocycles. The molecule has 0 atom stereocenters. The summed E-state index contributed by atoms with van der Waals surface area (Å²) in [6.45, 7) is 6.06. The van der Waals surface area contributed by atoms with Gasteiger partial charge < -0.3 is 0 Å². The Bertz CT molecular complexity index is 591. The third-order valence-electron chi connectivity index (χ3n) is 2.32. The molecule has 6 nitrogen and oxygen atoms in total. The number of aryl methyl sites for hydroxylation is 3. The first-order chi connectivity index (χ1) is 8.52. The van der Waals surface area contributed by atoms with Crippen LogP contribution in [0.1, 0.15) is 28.1 Å². The molecule has 0 aliphatic heterocycles. The highest BCUT2D eigenvalue weighted by molar-refractivity contribution is 7.15. The van der Waals surface area contributed by atoms with Gasteiger partial charge in [0.1, 0.15) is 10.7 Å². The summed E-state index contributed by atoms with van der Waals surface area (Å²) in [6, 6.07) is 0. The molecule has 18 heavy (non-hydrogen) atoms. The Hall–Kier alpha value is -1.47. The number of hydrogen-bond donors (Lipinski definition) is 1. The van der Waals surface area contributed by atoms with E-state index < -0.39 is 0 Å². The Kier molecular flexibility index (Phi) is 3.63. The first-order valence-electron chi connectivity index (χ1n) is 5.37. The number of halogens is 1. The number of carbonyl (C=O) groups is 1. The van der Waals surface area contributed by atoms with Crippen molar-refractivity contribution in [3.8, 4) is 0 Å². The third kappa shape index (κ3) is 2.37. The maximum atomic E-state index is 12.1. The molecule has 0 spiro atoms. The molecule has 0 aromatic carbocycles. The van der Waals surface area contributed by atoms with Gasteiger partial charge in [0.2, 0.25) is 5.13 Å². The second-order valence-corrected chi connectivity index (χ2v) is 5.20. The van der Waals surface area contributed by atoms with E-state index in [4.69, 9.17) is 11.6 Å². The smallest absolute Gasteiger partial charge is 0.277 e. The van der Waals surface area contributed by atoms with Crippen LogP contribution in [0.4, 0.5) is 5.13 Å². The van der Waals surface area contributed by atoms with Crippen molar-refractivity contribution >= 4 is 34.0 Å². The normalized spacial score (nSPS) is 10.7. The predicted octanol–water partition coefficient (Wildman–Crippen LogP) is 2.28. The lowest BCUT2D eigenvalue weighted by Crippen LogP contribution is -2.17. The van der Waals surface area contributed by atoms with Crippen LogP contribution in [0.5, 0.6) is 0 Å². The van der Waals surface area contributed by atoms with E-state index in [-0.39, 0.29) is 5.91 Å². The number of amides is 1. The van der Waals surface area contributed by atoms with E-state index in [1.807, 2.05) is 13.8 Å². The van der Waals surface area contributed by atoms with Crippen LogP contribution in [0.25, 0.3) is 0 Å². The molecule has 8 heteroatoms. The second kappa shape index (κ2) is 5.03. The molecule has 0 unspecified atom stereocenters. The van der Waals surface area contributed by atoms with Crippen LogP contribution in [0, 0.1) is 13.8 Å². The maximum Gasteiger partial charge on any atom is 0.277 e. The van der Waals surface area contributed by atoms with Crippen LogP contribution < -0.4 is 5.32 Å². The van der Waals surface area contributed by atoms with Gasteiger partial charge in [0.05, 0.1) is 10.7 Å². The first-order valence-corrected chi connectivity index (χ1v) is 6.56. The SMILES string of the molecule is CCn1nc(C)c(Cl)c1C(=O)Nc1nnc(C)s1. The quantitative estimate of drug-likeness (QED) is 0.939. The van der Waals surface area contributed by atoms with Crippen molar-refractivity contribution in [1.82, 2.24) is 20.0 Å². The number of nitrogens with zero attached hydrogens (tertiary/aromatic N) is 4. The monoisotopic (exact) mass is 285 g/mol. The van der Waals surface area contributed by atoms with Crippen molar-refractivity contribution in [2.75, 3.05) is 5.32 Å². The van der Waals surface area contributed by atoms with Crippen LogP contribution in [0.15, 0.2) is 0 Å². The van der Waals surface area contributed by atoms with Crippen molar-refractivity contribution in [3.63, 3.8) is 0 Å². The molecule has 0 saturated carbocycles. The molecule has 2 aromatic rings. The molecule has 0 aliphatic rings. The zero-order valence-electron chi connectivity index (χ0n) is 10.2. The molecule has 96 valence electrons. The van der Waals surface area contributed by atoms with Crippen LogP contribution in [0.2, 0.25) is 5.02 Å². The van der Waals surface area contributed by atoms with Gasteiger partial charge in [0.15, 0.2) is 0 Å². The van der Waals surface area contributed by atoms with Crippen LogP contribution in [-0.4, -0.2) is 25.9 Å². The molecule has 0 radical (unpaired) electrons. The Morgan fingerprint density at radius 1 is 1.44 bits per heavy atom. The van der Waals surface area contributed by atoms with Crippen molar-refractivity contribution in [1.29, 1.82) is 0 Å². The Morgan fingerprint density at radius 2 is 2.17 bits per heavy atom. The number of aromatic nitrogens is 4. The van der Waals surface area contributed by atoms with E-state index in [0.717, 1.165) is 5.01 Å². The number of nitrogens with one attached hydrogen (secondary N) is 1. The van der Waals surface area contributed by atoms with E-state index >= 15 is 0 Å². The fourth-order valence-corrected chi connectivity index (χ4v) is 2.32. The topological polar surface area (TPSA) is 72.7 Å². The molecule has 0 bridgehead atoms. The fraction of sp³-hybridized carbons (Fsp3) is 0.400. The molecule has 1 N–H and O–H groups in total. The lowest BCUT2D eigenvalue weighted by molar-refractivity contribution is 0.101. The van der Waals surface area contributed by atoms with Crippen LogP contribution >= 0.6 is 22.9 Å². The highest BCUT2D eigenvalue weighted by Gasteiger charge is 2.20. The summed E-state index contributed by atoms with van der Waals surface area (Å²) in [4.78, 5) is 12.1. The van der Waals surface area contributed by atoms with Gasteiger partial charge in [-0.15, -0.1) is 10.2 Å². The predicted molar refractivity (Wildman–Crippen MR) is 70.2 cm³/mol. The van der Waals surface area contributed by atoms with E-state index in [0.29, 0.717) is 28.1 Å². The molecule has 2 heterocycles. The third-order valence-corrected chi connectivity index (χ3v) is 3.52. The van der Waals surface area contributed by atoms with E-state index in [1.54, 1.807) is 11.6 Å². The minimum atomic E-state index is -0.321. The molecule has 2 rings (SSSR count). The largest absolute Gasteiger partial charge is 0.295 e. The number of rotatable bonds is 3. The average Bonchev–Trinajstić information content (AvgIpc) is 2.84. The highest BCUT2D eigenvalue weighted by atomic mass is 35.5. The van der Waals surface area contributed by atoms with Gasteiger partial charge in [-0.2, -0.15) is 5.10 Å². The van der Waals surface area contributed by atoms with Crippen LogP contribution in [0.3, 0.4) is 0 Å².